The summed E-state index contributed by atoms with van der Waals surface area (Å²) in [5.41, 5.74) is 7.42. The number of amides is 1. The first kappa shape index (κ1) is 13.0. The maximum atomic E-state index is 11.9. The van der Waals surface area contributed by atoms with Crippen molar-refractivity contribution in [1.82, 2.24) is 5.32 Å². The van der Waals surface area contributed by atoms with Gasteiger partial charge in [0.25, 0.3) is 5.91 Å². The highest BCUT2D eigenvalue weighted by molar-refractivity contribution is 5.97. The van der Waals surface area contributed by atoms with Crippen molar-refractivity contribution >= 4 is 17.6 Å². The Labute approximate surface area is 99.6 Å². The van der Waals surface area contributed by atoms with Gasteiger partial charge in [0.1, 0.15) is 0 Å². The largest absolute Gasteiger partial charge is 0.481 e. The molecule has 1 aromatic carbocycles. The number of anilines is 1. The fourth-order valence-electron chi connectivity index (χ4n) is 1.51. The Kier molecular flexibility index (Phi) is 4.09. The third-order valence-electron chi connectivity index (χ3n) is 2.48. The molecule has 1 atom stereocenters. The predicted octanol–water partition coefficient (Wildman–Crippen LogP) is 1.17. The number of carbonyl (C=O) groups excluding carboxylic acids is 1. The molecule has 1 rings (SSSR count). The van der Waals surface area contributed by atoms with E-state index in [1.807, 2.05) is 0 Å². The van der Waals surface area contributed by atoms with Gasteiger partial charge in [-0.2, -0.15) is 0 Å². The van der Waals surface area contributed by atoms with Crippen LogP contribution in [0.1, 0.15) is 29.3 Å². The molecule has 0 radical (unpaired) electrons. The summed E-state index contributed by atoms with van der Waals surface area (Å²) in [7, 11) is 0. The molecule has 1 amide bonds. The van der Waals surface area contributed by atoms with Crippen molar-refractivity contribution in [1.29, 1.82) is 0 Å². The zero-order chi connectivity index (χ0) is 13.0. The van der Waals surface area contributed by atoms with E-state index in [0.29, 0.717) is 16.8 Å². The zero-order valence-corrected chi connectivity index (χ0v) is 9.86. The van der Waals surface area contributed by atoms with Gasteiger partial charge in [-0.25, -0.2) is 0 Å². The molecule has 0 aromatic heterocycles. The average molecular weight is 236 g/mol. The van der Waals surface area contributed by atoms with Crippen LogP contribution in [0.4, 0.5) is 5.69 Å². The average Bonchev–Trinajstić information content (AvgIpc) is 2.20. The molecule has 5 heteroatoms. The van der Waals surface area contributed by atoms with Gasteiger partial charge in [-0.3, -0.25) is 9.59 Å². The minimum Gasteiger partial charge on any atom is -0.481 e. The normalized spacial score (nSPS) is 11.9. The third-order valence-corrected chi connectivity index (χ3v) is 2.48. The minimum absolute atomic E-state index is 0.104. The maximum absolute atomic E-state index is 11.9. The summed E-state index contributed by atoms with van der Waals surface area (Å²) < 4.78 is 0. The van der Waals surface area contributed by atoms with Gasteiger partial charge in [0.05, 0.1) is 6.42 Å². The van der Waals surface area contributed by atoms with Gasteiger partial charge in [0.15, 0.2) is 0 Å². The quantitative estimate of drug-likeness (QED) is 0.684. The molecule has 92 valence electrons. The summed E-state index contributed by atoms with van der Waals surface area (Å²) in [4.78, 5) is 22.3. The second-order valence-corrected chi connectivity index (χ2v) is 3.99. The Morgan fingerprint density at radius 3 is 2.71 bits per heavy atom. The molecule has 17 heavy (non-hydrogen) atoms. The van der Waals surface area contributed by atoms with E-state index in [9.17, 15) is 9.59 Å². The fraction of sp³-hybridized carbons (Fsp3) is 0.333. The first-order valence-corrected chi connectivity index (χ1v) is 5.29. The maximum Gasteiger partial charge on any atom is 0.305 e. The molecule has 1 aromatic rings. The molecule has 0 aliphatic rings. The fourth-order valence-corrected chi connectivity index (χ4v) is 1.51. The second kappa shape index (κ2) is 5.34. The van der Waals surface area contributed by atoms with Crippen LogP contribution in [0.25, 0.3) is 0 Å². The van der Waals surface area contributed by atoms with Crippen LogP contribution >= 0.6 is 0 Å². The predicted molar refractivity (Wildman–Crippen MR) is 64.8 cm³/mol. The van der Waals surface area contributed by atoms with Crippen LogP contribution in [0.3, 0.4) is 0 Å². The topological polar surface area (TPSA) is 92.4 Å². The van der Waals surface area contributed by atoms with E-state index < -0.39 is 12.0 Å². The van der Waals surface area contributed by atoms with Gasteiger partial charge < -0.3 is 16.2 Å². The Morgan fingerprint density at radius 2 is 2.12 bits per heavy atom. The first-order chi connectivity index (χ1) is 7.91. The molecule has 0 saturated carbocycles. The number of hydrogen-bond acceptors (Lipinski definition) is 3. The van der Waals surface area contributed by atoms with Crippen LogP contribution < -0.4 is 11.1 Å². The lowest BCUT2D eigenvalue weighted by Crippen LogP contribution is -2.34. The molecule has 0 aliphatic heterocycles. The number of rotatable bonds is 4. The van der Waals surface area contributed by atoms with E-state index in [1.54, 1.807) is 32.0 Å². The van der Waals surface area contributed by atoms with Crippen LogP contribution in [-0.4, -0.2) is 23.0 Å². The number of carboxylic acids is 1. The van der Waals surface area contributed by atoms with Gasteiger partial charge in [-0.15, -0.1) is 0 Å². The Balaban J connectivity index is 2.77. The number of nitrogens with two attached hydrogens (primary N) is 1. The van der Waals surface area contributed by atoms with E-state index in [4.69, 9.17) is 10.8 Å². The Morgan fingerprint density at radius 1 is 1.47 bits per heavy atom. The third kappa shape index (κ3) is 3.48. The number of benzene rings is 1. The lowest BCUT2D eigenvalue weighted by molar-refractivity contribution is -0.137. The summed E-state index contributed by atoms with van der Waals surface area (Å²) in [6.07, 6.45) is -0.104. The van der Waals surface area contributed by atoms with Crippen molar-refractivity contribution in [2.45, 2.75) is 26.3 Å². The Bertz CT molecular complexity index is 443. The zero-order valence-electron chi connectivity index (χ0n) is 9.86. The van der Waals surface area contributed by atoms with E-state index >= 15 is 0 Å². The highest BCUT2D eigenvalue weighted by Gasteiger charge is 2.14. The second-order valence-electron chi connectivity index (χ2n) is 3.99. The number of carbonyl (C=O) groups is 2. The van der Waals surface area contributed by atoms with Crippen molar-refractivity contribution in [2.24, 2.45) is 0 Å². The minimum atomic E-state index is -0.943. The van der Waals surface area contributed by atoms with Gasteiger partial charge >= 0.3 is 5.97 Å². The van der Waals surface area contributed by atoms with Gasteiger partial charge in [-0.1, -0.05) is 6.07 Å². The molecular formula is C12H16N2O3. The number of aliphatic carboxylic acids is 1. The molecule has 0 bridgehead atoms. The van der Waals surface area contributed by atoms with E-state index in [2.05, 4.69) is 5.32 Å². The summed E-state index contributed by atoms with van der Waals surface area (Å²) in [5, 5.41) is 11.2. The Hall–Kier alpha value is -2.04. The monoisotopic (exact) mass is 236 g/mol. The van der Waals surface area contributed by atoms with Gasteiger partial charge in [0.2, 0.25) is 0 Å². The summed E-state index contributed by atoms with van der Waals surface area (Å²) >= 11 is 0. The van der Waals surface area contributed by atoms with Crippen LogP contribution in [0.5, 0.6) is 0 Å². The summed E-state index contributed by atoms with van der Waals surface area (Å²) in [5.74, 6) is -1.24. The van der Waals surface area contributed by atoms with Crippen LogP contribution in [-0.2, 0) is 4.79 Å². The van der Waals surface area contributed by atoms with Crippen LogP contribution in [0.15, 0.2) is 18.2 Å². The van der Waals surface area contributed by atoms with Gasteiger partial charge in [-0.05, 0) is 31.5 Å². The van der Waals surface area contributed by atoms with Crippen molar-refractivity contribution < 1.29 is 14.7 Å². The molecule has 0 saturated heterocycles. The van der Waals surface area contributed by atoms with E-state index in [-0.39, 0.29) is 12.3 Å². The van der Waals surface area contributed by atoms with Crippen molar-refractivity contribution in [3.8, 4) is 0 Å². The summed E-state index contributed by atoms with van der Waals surface area (Å²) in [6.45, 7) is 3.40. The number of hydrogen-bond donors (Lipinski definition) is 3. The van der Waals surface area contributed by atoms with Gasteiger partial charge in [0, 0.05) is 17.3 Å². The highest BCUT2D eigenvalue weighted by Crippen LogP contribution is 2.15. The van der Waals surface area contributed by atoms with Crippen molar-refractivity contribution in [2.75, 3.05) is 5.73 Å². The van der Waals surface area contributed by atoms with E-state index in [0.717, 1.165) is 0 Å². The van der Waals surface area contributed by atoms with E-state index in [1.165, 1.54) is 0 Å². The lowest BCUT2D eigenvalue weighted by Gasteiger charge is -2.13. The molecular weight excluding hydrogens is 220 g/mol. The van der Waals surface area contributed by atoms with Crippen LogP contribution in [0, 0.1) is 6.92 Å². The molecule has 0 aliphatic carbocycles. The molecule has 0 heterocycles. The molecule has 5 nitrogen and oxygen atoms in total. The van der Waals surface area contributed by atoms with Crippen molar-refractivity contribution in [3.63, 3.8) is 0 Å². The standard InChI is InChI=1S/C12H16N2O3/c1-7(6-11(15)16)14-12(17)9-4-3-5-10(13)8(9)2/h3-5,7H,6,13H2,1-2H3,(H,14,17)(H,15,16). The number of nitrogen functional groups attached to an aromatic ring is 1. The summed E-state index contributed by atoms with van der Waals surface area (Å²) in [6, 6.07) is 4.65. The first-order valence-electron chi connectivity index (χ1n) is 5.29. The molecule has 0 fully saturated rings. The molecule has 1 unspecified atom stereocenters. The SMILES string of the molecule is Cc1c(N)cccc1C(=O)NC(C)CC(=O)O. The smallest absolute Gasteiger partial charge is 0.305 e. The lowest BCUT2D eigenvalue weighted by atomic mass is 10.1. The highest BCUT2D eigenvalue weighted by atomic mass is 16.4. The number of nitrogens with one attached hydrogen (secondary N) is 1. The van der Waals surface area contributed by atoms with Crippen LogP contribution in [0.2, 0.25) is 0 Å². The van der Waals surface area contributed by atoms with Crippen molar-refractivity contribution in [3.05, 3.63) is 29.3 Å². The number of carboxylic acid groups (broad SMARTS) is 1. The molecule has 4 N–H and O–H groups in total. The molecule has 0 spiro atoms.